The van der Waals surface area contributed by atoms with Crippen LogP contribution >= 0.6 is 11.6 Å². The minimum Gasteiger partial charge on any atom is -0.491 e. The molecule has 0 radical (unpaired) electrons. The van der Waals surface area contributed by atoms with Crippen LogP contribution in [0.25, 0.3) is 0 Å². The zero-order valence-corrected chi connectivity index (χ0v) is 16.8. The van der Waals surface area contributed by atoms with E-state index in [1.54, 1.807) is 23.4 Å². The Balaban J connectivity index is 1.47. The minimum atomic E-state index is -0.501. The number of pyridine rings is 1. The van der Waals surface area contributed by atoms with E-state index in [0.717, 1.165) is 16.9 Å². The highest BCUT2D eigenvalue weighted by molar-refractivity contribution is 6.30. The Morgan fingerprint density at radius 1 is 1.31 bits per heavy atom. The first kappa shape index (κ1) is 19.7. The van der Waals surface area contributed by atoms with Gasteiger partial charge < -0.3 is 15.0 Å². The van der Waals surface area contributed by atoms with Gasteiger partial charge >= 0.3 is 0 Å². The number of benzene rings is 1. The molecular weight excluding hydrogens is 392 g/mol. The lowest BCUT2D eigenvalue weighted by molar-refractivity contribution is -0.139. The van der Waals surface area contributed by atoms with Crippen molar-refractivity contribution in [2.75, 3.05) is 26.2 Å². The maximum absolute atomic E-state index is 13.1. The largest absolute Gasteiger partial charge is 0.491 e. The van der Waals surface area contributed by atoms with E-state index in [2.05, 4.69) is 10.3 Å². The van der Waals surface area contributed by atoms with Gasteiger partial charge in [-0.25, -0.2) is 0 Å². The van der Waals surface area contributed by atoms with Gasteiger partial charge in [-0.1, -0.05) is 17.7 Å². The van der Waals surface area contributed by atoms with Crippen LogP contribution in [0.1, 0.15) is 17.5 Å². The third kappa shape index (κ3) is 4.68. The number of nitrogens with zero attached hydrogens (tertiary/aromatic N) is 3. The summed E-state index contributed by atoms with van der Waals surface area (Å²) in [6.07, 6.45) is 3.64. The zero-order chi connectivity index (χ0) is 20.2. The molecule has 8 heteroatoms. The van der Waals surface area contributed by atoms with Crippen molar-refractivity contribution in [2.45, 2.75) is 25.6 Å². The lowest BCUT2D eigenvalue weighted by Crippen LogP contribution is -2.56. The highest BCUT2D eigenvalue weighted by Gasteiger charge is 2.33. The van der Waals surface area contributed by atoms with Crippen LogP contribution in [0.15, 0.2) is 42.7 Å². The van der Waals surface area contributed by atoms with Gasteiger partial charge in [-0.2, -0.15) is 0 Å². The van der Waals surface area contributed by atoms with Crippen LogP contribution in [0.3, 0.4) is 0 Å². The van der Waals surface area contributed by atoms with Gasteiger partial charge in [-0.05, 0) is 29.8 Å². The molecule has 1 aromatic heterocycles. The summed E-state index contributed by atoms with van der Waals surface area (Å²) < 4.78 is 5.75. The van der Waals surface area contributed by atoms with Crippen molar-refractivity contribution in [1.29, 1.82) is 0 Å². The second-order valence-corrected chi connectivity index (χ2v) is 7.69. The predicted octanol–water partition coefficient (Wildman–Crippen LogP) is 1.85. The van der Waals surface area contributed by atoms with Crippen molar-refractivity contribution >= 4 is 23.4 Å². The molecule has 0 saturated carbocycles. The van der Waals surface area contributed by atoms with Crippen molar-refractivity contribution in [3.8, 4) is 5.75 Å². The average molecular weight is 415 g/mol. The molecule has 0 aliphatic carbocycles. The Labute approximate surface area is 174 Å². The Bertz CT molecular complexity index is 893. The maximum Gasteiger partial charge on any atom is 0.237 e. The van der Waals surface area contributed by atoms with Crippen LogP contribution < -0.4 is 10.1 Å². The van der Waals surface area contributed by atoms with Crippen LogP contribution in [-0.2, 0) is 22.7 Å². The molecule has 1 atom stereocenters. The van der Waals surface area contributed by atoms with E-state index >= 15 is 0 Å². The average Bonchev–Trinajstić information content (AvgIpc) is 2.93. The number of carbonyl (C=O) groups excluding carboxylic acids is 2. The van der Waals surface area contributed by atoms with Gasteiger partial charge in [-0.15, -0.1) is 0 Å². The van der Waals surface area contributed by atoms with Crippen LogP contribution in [0, 0.1) is 0 Å². The summed E-state index contributed by atoms with van der Waals surface area (Å²) in [4.78, 5) is 33.5. The number of ether oxygens (including phenoxy) is 1. The standard InChI is InChI=1S/C21H23ClN4O3/c22-17-3-4-19-16(10-17)14-26(8-9-29-19)20(27)11-18-21(28)24-6-7-25(18)13-15-2-1-5-23-12-15/h1-5,10,12,18H,6-9,11,13-14H2,(H,24,28)/t18-/m1/s1. The van der Waals surface area contributed by atoms with Crippen LogP contribution in [0.5, 0.6) is 5.75 Å². The molecule has 152 valence electrons. The molecule has 1 N–H and O–H groups in total. The third-order valence-electron chi connectivity index (χ3n) is 5.27. The fourth-order valence-corrected chi connectivity index (χ4v) is 3.96. The summed E-state index contributed by atoms with van der Waals surface area (Å²) in [6.45, 7) is 3.17. The first-order valence-corrected chi connectivity index (χ1v) is 10.1. The first-order chi connectivity index (χ1) is 14.1. The van der Waals surface area contributed by atoms with Gasteiger partial charge in [0.2, 0.25) is 11.8 Å². The van der Waals surface area contributed by atoms with Crippen molar-refractivity contribution in [2.24, 2.45) is 0 Å². The molecule has 1 fully saturated rings. The number of fused-ring (bicyclic) bond motifs is 1. The minimum absolute atomic E-state index is 0.0698. The van der Waals surface area contributed by atoms with Crippen LogP contribution in [0.4, 0.5) is 0 Å². The van der Waals surface area contributed by atoms with E-state index in [-0.39, 0.29) is 18.2 Å². The fraction of sp³-hybridized carbons (Fsp3) is 0.381. The number of rotatable bonds is 4. The molecule has 1 saturated heterocycles. The molecule has 3 heterocycles. The zero-order valence-electron chi connectivity index (χ0n) is 16.0. The van der Waals surface area contributed by atoms with Gasteiger partial charge in [0.1, 0.15) is 12.4 Å². The van der Waals surface area contributed by atoms with Crippen molar-refractivity contribution in [3.05, 3.63) is 58.9 Å². The summed E-state index contributed by atoms with van der Waals surface area (Å²) in [5.74, 6) is 0.570. The SMILES string of the molecule is O=C1NCCN(Cc2cccnc2)[C@@H]1CC(=O)N1CCOc2ccc(Cl)cc2C1. The lowest BCUT2D eigenvalue weighted by Gasteiger charge is -2.35. The molecule has 2 aliphatic heterocycles. The molecule has 2 aliphatic rings. The number of piperazine rings is 1. The normalized spacial score (nSPS) is 19.7. The van der Waals surface area contributed by atoms with E-state index < -0.39 is 6.04 Å². The van der Waals surface area contributed by atoms with Crippen molar-refractivity contribution in [1.82, 2.24) is 20.1 Å². The molecule has 1 aromatic carbocycles. The highest BCUT2D eigenvalue weighted by Crippen LogP contribution is 2.27. The molecule has 2 amide bonds. The van der Waals surface area contributed by atoms with Crippen molar-refractivity contribution in [3.63, 3.8) is 0 Å². The summed E-state index contributed by atoms with van der Waals surface area (Å²) >= 11 is 6.10. The summed E-state index contributed by atoms with van der Waals surface area (Å²) in [6, 6.07) is 8.78. The first-order valence-electron chi connectivity index (χ1n) is 9.70. The molecule has 29 heavy (non-hydrogen) atoms. The molecule has 2 aromatic rings. The van der Waals surface area contributed by atoms with Crippen LogP contribution in [0.2, 0.25) is 5.02 Å². The predicted molar refractivity (Wildman–Crippen MR) is 108 cm³/mol. The summed E-state index contributed by atoms with van der Waals surface area (Å²) in [5.41, 5.74) is 1.90. The second-order valence-electron chi connectivity index (χ2n) is 7.26. The quantitative estimate of drug-likeness (QED) is 0.826. The van der Waals surface area contributed by atoms with Gasteiger partial charge in [0.05, 0.1) is 19.0 Å². The van der Waals surface area contributed by atoms with Crippen molar-refractivity contribution < 1.29 is 14.3 Å². The Kier molecular flexibility index (Phi) is 5.97. The number of carbonyl (C=O) groups is 2. The van der Waals surface area contributed by atoms with Gasteiger partial charge in [0, 0.05) is 49.2 Å². The van der Waals surface area contributed by atoms with Crippen LogP contribution in [-0.4, -0.2) is 58.9 Å². The Morgan fingerprint density at radius 2 is 2.21 bits per heavy atom. The lowest BCUT2D eigenvalue weighted by atomic mass is 10.1. The smallest absolute Gasteiger partial charge is 0.237 e. The van der Waals surface area contributed by atoms with E-state index in [9.17, 15) is 9.59 Å². The van der Waals surface area contributed by atoms with E-state index in [0.29, 0.717) is 44.4 Å². The van der Waals surface area contributed by atoms with Gasteiger partial charge in [-0.3, -0.25) is 19.5 Å². The topological polar surface area (TPSA) is 74.8 Å². The number of halogens is 1. The number of amides is 2. The van der Waals surface area contributed by atoms with E-state index in [1.807, 2.05) is 29.2 Å². The maximum atomic E-state index is 13.1. The highest BCUT2D eigenvalue weighted by atomic mass is 35.5. The molecule has 0 spiro atoms. The van der Waals surface area contributed by atoms with Gasteiger partial charge in [0.15, 0.2) is 0 Å². The number of hydrogen-bond acceptors (Lipinski definition) is 5. The monoisotopic (exact) mass is 414 g/mol. The fourth-order valence-electron chi connectivity index (χ4n) is 3.77. The number of nitrogens with one attached hydrogen (secondary N) is 1. The molecule has 0 unspecified atom stereocenters. The number of aromatic nitrogens is 1. The van der Waals surface area contributed by atoms with E-state index in [1.165, 1.54) is 0 Å². The molecule has 0 bridgehead atoms. The van der Waals surface area contributed by atoms with E-state index in [4.69, 9.17) is 16.3 Å². The second kappa shape index (κ2) is 8.80. The Morgan fingerprint density at radius 3 is 3.03 bits per heavy atom. The molecule has 4 rings (SSSR count). The number of hydrogen-bond donors (Lipinski definition) is 1. The summed E-state index contributed by atoms with van der Waals surface area (Å²) in [5, 5.41) is 3.49. The Hall–Kier alpha value is -2.64. The van der Waals surface area contributed by atoms with Gasteiger partial charge in [0.25, 0.3) is 0 Å². The summed E-state index contributed by atoms with van der Waals surface area (Å²) in [7, 11) is 0. The molecular formula is C21H23ClN4O3. The third-order valence-corrected chi connectivity index (χ3v) is 5.51. The molecule has 7 nitrogen and oxygen atoms in total.